The van der Waals surface area contributed by atoms with Crippen LogP contribution in [0.3, 0.4) is 0 Å². The molecule has 218 valence electrons. The molecular weight excluding hydrogens is 496 g/mol. The molecule has 1 aromatic rings. The predicted molar refractivity (Wildman–Crippen MR) is 151 cm³/mol. The fraction of sp³-hybridized carbons (Fsp3) is 0.700. The van der Waals surface area contributed by atoms with E-state index < -0.39 is 5.60 Å². The Labute approximate surface area is 233 Å². The number of amides is 3. The first-order valence-electron chi connectivity index (χ1n) is 14.5. The van der Waals surface area contributed by atoms with Crippen molar-refractivity contribution >= 4 is 17.9 Å². The molecule has 4 aliphatic heterocycles. The molecule has 4 saturated heterocycles. The van der Waals surface area contributed by atoms with Crippen LogP contribution >= 0.6 is 0 Å². The molecule has 4 unspecified atom stereocenters. The number of benzene rings is 1. The first-order chi connectivity index (χ1) is 18.6. The standard InChI is InChI=1S/C15H20N2O.C13H22N2O3.C2H6O/c18-15-7-6-13-10-17(11-14(13)8-16-15)9-12-4-2-1-3-5-12;1-13(2,3)18-12(17)15-7-9-4-5-11(16)14-6-10(9)8-15;1-2-3/h1-5,13-14H,6-11H2,(H,16,18);9-10H,4-8H2,1-3H3,(H,14,16);3H,2H2,1H3. The zero-order chi connectivity index (χ0) is 28.4. The minimum atomic E-state index is -0.448. The van der Waals surface area contributed by atoms with Crippen LogP contribution in [0.5, 0.6) is 0 Å². The van der Waals surface area contributed by atoms with E-state index in [9.17, 15) is 14.4 Å². The predicted octanol–water partition coefficient (Wildman–Crippen LogP) is 3.02. The summed E-state index contributed by atoms with van der Waals surface area (Å²) >= 11 is 0. The molecule has 4 atom stereocenters. The van der Waals surface area contributed by atoms with Gasteiger partial charge in [-0.2, -0.15) is 0 Å². The zero-order valence-corrected chi connectivity index (χ0v) is 24.2. The van der Waals surface area contributed by atoms with Gasteiger partial charge in [-0.05, 0) is 69.8 Å². The van der Waals surface area contributed by atoms with Gasteiger partial charge in [0.15, 0.2) is 0 Å². The second-order valence-electron chi connectivity index (χ2n) is 12.1. The van der Waals surface area contributed by atoms with Crippen LogP contribution in [-0.2, 0) is 20.9 Å². The van der Waals surface area contributed by atoms with Crippen molar-refractivity contribution in [3.8, 4) is 0 Å². The Hall–Kier alpha value is -2.65. The summed E-state index contributed by atoms with van der Waals surface area (Å²) in [5, 5.41) is 13.5. The van der Waals surface area contributed by atoms with E-state index in [1.807, 2.05) is 20.8 Å². The van der Waals surface area contributed by atoms with E-state index in [2.05, 4.69) is 45.9 Å². The second kappa shape index (κ2) is 14.7. The lowest BCUT2D eigenvalue weighted by molar-refractivity contribution is -0.121. The highest BCUT2D eigenvalue weighted by molar-refractivity contribution is 5.76. The van der Waals surface area contributed by atoms with Crippen molar-refractivity contribution in [1.29, 1.82) is 0 Å². The van der Waals surface area contributed by atoms with E-state index in [0.29, 0.717) is 56.1 Å². The topological polar surface area (TPSA) is 111 Å². The van der Waals surface area contributed by atoms with E-state index in [1.54, 1.807) is 11.8 Å². The van der Waals surface area contributed by atoms with Crippen molar-refractivity contribution in [1.82, 2.24) is 20.4 Å². The molecule has 4 aliphatic rings. The largest absolute Gasteiger partial charge is 0.444 e. The van der Waals surface area contributed by atoms with Crippen LogP contribution in [0, 0.1) is 23.7 Å². The van der Waals surface area contributed by atoms with Crippen molar-refractivity contribution in [2.75, 3.05) is 45.9 Å². The van der Waals surface area contributed by atoms with E-state index in [4.69, 9.17) is 9.84 Å². The van der Waals surface area contributed by atoms with Gasteiger partial charge >= 0.3 is 6.09 Å². The van der Waals surface area contributed by atoms with E-state index >= 15 is 0 Å². The fourth-order valence-corrected chi connectivity index (χ4v) is 5.84. The van der Waals surface area contributed by atoms with Gasteiger partial charge in [0.05, 0.1) is 0 Å². The number of hydrogen-bond acceptors (Lipinski definition) is 6. The molecule has 9 heteroatoms. The quantitative estimate of drug-likeness (QED) is 0.528. The van der Waals surface area contributed by atoms with Crippen LogP contribution in [-0.4, -0.2) is 84.3 Å². The Balaban J connectivity index is 0.000000196. The van der Waals surface area contributed by atoms with Crippen LogP contribution in [0.15, 0.2) is 30.3 Å². The molecule has 0 bridgehead atoms. The van der Waals surface area contributed by atoms with Gasteiger partial charge in [-0.25, -0.2) is 4.79 Å². The third kappa shape index (κ3) is 10.1. The number of aliphatic hydroxyl groups excluding tert-OH is 1. The highest BCUT2D eigenvalue weighted by atomic mass is 16.6. The Morgan fingerprint density at radius 3 is 1.95 bits per heavy atom. The van der Waals surface area contributed by atoms with E-state index in [-0.39, 0.29) is 24.5 Å². The lowest BCUT2D eigenvalue weighted by Gasteiger charge is -2.24. The summed E-state index contributed by atoms with van der Waals surface area (Å²) < 4.78 is 5.38. The smallest absolute Gasteiger partial charge is 0.410 e. The van der Waals surface area contributed by atoms with Crippen LogP contribution < -0.4 is 10.6 Å². The molecule has 39 heavy (non-hydrogen) atoms. The molecule has 0 saturated carbocycles. The number of nitrogens with zero attached hydrogens (tertiary/aromatic N) is 2. The molecule has 3 N–H and O–H groups in total. The minimum Gasteiger partial charge on any atom is -0.444 e. The maximum absolute atomic E-state index is 12.0. The fourth-order valence-electron chi connectivity index (χ4n) is 5.84. The maximum Gasteiger partial charge on any atom is 0.410 e. The van der Waals surface area contributed by atoms with Gasteiger partial charge in [-0.3, -0.25) is 14.5 Å². The molecule has 9 nitrogen and oxygen atoms in total. The molecule has 0 aromatic heterocycles. The molecule has 3 amide bonds. The lowest BCUT2D eigenvalue weighted by Crippen LogP contribution is -2.36. The summed E-state index contributed by atoms with van der Waals surface area (Å²) in [6.07, 6.45) is 2.98. The molecular formula is C30H48N4O5. The van der Waals surface area contributed by atoms with Crippen molar-refractivity contribution in [2.45, 2.75) is 65.5 Å². The molecule has 1 aromatic carbocycles. The molecule has 5 rings (SSSR count). The van der Waals surface area contributed by atoms with Gasteiger partial charge in [-0.15, -0.1) is 0 Å². The van der Waals surface area contributed by atoms with Crippen LogP contribution in [0.25, 0.3) is 0 Å². The van der Waals surface area contributed by atoms with Crippen molar-refractivity contribution in [3.63, 3.8) is 0 Å². The van der Waals surface area contributed by atoms with Gasteiger partial charge in [0.25, 0.3) is 0 Å². The third-order valence-corrected chi connectivity index (χ3v) is 7.74. The van der Waals surface area contributed by atoms with Gasteiger partial charge in [0, 0.05) is 65.3 Å². The molecule has 0 aliphatic carbocycles. The first-order valence-corrected chi connectivity index (χ1v) is 14.5. The van der Waals surface area contributed by atoms with E-state index in [0.717, 1.165) is 39.0 Å². The number of aliphatic hydroxyl groups is 1. The Morgan fingerprint density at radius 1 is 0.897 bits per heavy atom. The van der Waals surface area contributed by atoms with Crippen molar-refractivity contribution in [2.24, 2.45) is 23.7 Å². The summed E-state index contributed by atoms with van der Waals surface area (Å²) in [6, 6.07) is 10.6. The Morgan fingerprint density at radius 2 is 1.38 bits per heavy atom. The minimum absolute atomic E-state index is 0.133. The summed E-state index contributed by atoms with van der Waals surface area (Å²) in [7, 11) is 0. The number of hydrogen-bond donors (Lipinski definition) is 3. The number of ether oxygens (including phenoxy) is 1. The number of carbonyl (C=O) groups excluding carboxylic acids is 3. The van der Waals surface area contributed by atoms with Crippen LogP contribution in [0.4, 0.5) is 4.79 Å². The number of likely N-dealkylation sites (tertiary alicyclic amines) is 2. The molecule has 0 spiro atoms. The van der Waals surface area contributed by atoms with E-state index in [1.165, 1.54) is 5.56 Å². The average molecular weight is 545 g/mol. The monoisotopic (exact) mass is 544 g/mol. The second-order valence-corrected chi connectivity index (χ2v) is 12.1. The van der Waals surface area contributed by atoms with Gasteiger partial charge < -0.3 is 25.4 Å². The van der Waals surface area contributed by atoms with Gasteiger partial charge in [0.1, 0.15) is 5.60 Å². The summed E-state index contributed by atoms with van der Waals surface area (Å²) in [5.41, 5.74) is 0.939. The lowest BCUT2D eigenvalue weighted by atomic mass is 9.93. The maximum atomic E-state index is 12.0. The summed E-state index contributed by atoms with van der Waals surface area (Å²) in [5.74, 6) is 2.53. The van der Waals surface area contributed by atoms with Crippen molar-refractivity contribution < 1.29 is 24.2 Å². The Kier molecular flexibility index (Phi) is 11.6. The van der Waals surface area contributed by atoms with Crippen molar-refractivity contribution in [3.05, 3.63) is 35.9 Å². The molecule has 0 radical (unpaired) electrons. The number of rotatable bonds is 2. The highest BCUT2D eigenvalue weighted by Crippen LogP contribution is 2.31. The molecule has 4 fully saturated rings. The number of nitrogens with one attached hydrogen (secondary N) is 2. The average Bonchev–Trinajstić information content (AvgIpc) is 3.37. The zero-order valence-electron chi connectivity index (χ0n) is 24.2. The highest BCUT2D eigenvalue weighted by Gasteiger charge is 2.38. The molecule has 4 heterocycles. The number of fused-ring (bicyclic) bond motifs is 2. The van der Waals surface area contributed by atoms with Crippen LogP contribution in [0.1, 0.15) is 58.9 Å². The van der Waals surface area contributed by atoms with Gasteiger partial charge in [0.2, 0.25) is 11.8 Å². The van der Waals surface area contributed by atoms with Crippen LogP contribution in [0.2, 0.25) is 0 Å². The third-order valence-electron chi connectivity index (χ3n) is 7.74. The Bertz CT molecular complexity index is 899. The normalized spacial score (nSPS) is 26.7. The SMILES string of the molecule is CC(C)(C)OC(=O)N1CC2CCC(=O)NCC2C1.CCO.O=C1CCC2CN(Cc3ccccc3)CC2CN1. The first kappa shape index (κ1) is 30.9. The summed E-state index contributed by atoms with van der Waals surface area (Å²) in [4.78, 5) is 38.9. The summed E-state index contributed by atoms with van der Waals surface area (Å²) in [6.45, 7) is 13.8. The number of carbonyl (C=O) groups is 3. The van der Waals surface area contributed by atoms with Gasteiger partial charge in [-0.1, -0.05) is 30.3 Å².